The van der Waals surface area contributed by atoms with E-state index in [0.29, 0.717) is 17.5 Å². The zero-order valence-corrected chi connectivity index (χ0v) is 6.56. The fourth-order valence-electron chi connectivity index (χ4n) is 1.04. The number of hydrogen-bond acceptors (Lipinski definition) is 4. The SMILES string of the molecule is COc1nc2ncccn2c1N. The molecule has 0 saturated heterocycles. The van der Waals surface area contributed by atoms with E-state index in [0.717, 1.165) is 0 Å². The molecule has 0 fully saturated rings. The summed E-state index contributed by atoms with van der Waals surface area (Å²) in [6.45, 7) is 0. The highest BCUT2D eigenvalue weighted by molar-refractivity contribution is 5.52. The highest BCUT2D eigenvalue weighted by Crippen LogP contribution is 2.19. The molecule has 2 aromatic rings. The van der Waals surface area contributed by atoms with Crippen LogP contribution < -0.4 is 10.5 Å². The van der Waals surface area contributed by atoms with Crippen molar-refractivity contribution in [1.82, 2.24) is 14.4 Å². The first-order chi connectivity index (χ1) is 5.83. The number of nitrogens with zero attached hydrogens (tertiary/aromatic N) is 3. The number of nitrogen functional groups attached to an aromatic ring is 1. The highest BCUT2D eigenvalue weighted by atomic mass is 16.5. The topological polar surface area (TPSA) is 65.4 Å². The maximum Gasteiger partial charge on any atom is 0.258 e. The number of anilines is 1. The Kier molecular flexibility index (Phi) is 1.36. The summed E-state index contributed by atoms with van der Waals surface area (Å²) in [5, 5.41) is 0. The number of imidazole rings is 1. The van der Waals surface area contributed by atoms with Gasteiger partial charge in [0.05, 0.1) is 7.11 Å². The molecule has 2 heterocycles. The number of nitrogens with two attached hydrogens (primary N) is 1. The molecule has 0 amide bonds. The van der Waals surface area contributed by atoms with Crippen LogP contribution in [0.1, 0.15) is 0 Å². The minimum atomic E-state index is 0.411. The molecular formula is C7H8N4O. The number of fused-ring (bicyclic) bond motifs is 1. The Morgan fingerprint density at radius 1 is 1.58 bits per heavy atom. The van der Waals surface area contributed by atoms with Gasteiger partial charge in [0.2, 0.25) is 5.78 Å². The maximum atomic E-state index is 5.68. The molecule has 0 aromatic carbocycles. The summed E-state index contributed by atoms with van der Waals surface area (Å²) >= 11 is 0. The first-order valence-electron chi connectivity index (χ1n) is 3.45. The third-order valence-corrected chi connectivity index (χ3v) is 1.60. The van der Waals surface area contributed by atoms with E-state index in [1.807, 2.05) is 0 Å². The molecule has 5 heteroatoms. The molecule has 0 spiro atoms. The predicted molar refractivity (Wildman–Crippen MR) is 44.0 cm³/mol. The summed E-state index contributed by atoms with van der Waals surface area (Å²) in [6, 6.07) is 1.78. The lowest BCUT2D eigenvalue weighted by molar-refractivity contribution is 0.403. The van der Waals surface area contributed by atoms with Crippen LogP contribution in [0.15, 0.2) is 18.5 Å². The predicted octanol–water partition coefficient (Wildman–Crippen LogP) is 0.320. The second-order valence-electron chi connectivity index (χ2n) is 2.30. The van der Waals surface area contributed by atoms with Crippen LogP contribution in [-0.4, -0.2) is 21.5 Å². The third kappa shape index (κ3) is 0.795. The number of methoxy groups -OCH3 is 1. The van der Waals surface area contributed by atoms with Crippen molar-refractivity contribution in [2.24, 2.45) is 0 Å². The van der Waals surface area contributed by atoms with Crippen LogP contribution in [0, 0.1) is 0 Å². The van der Waals surface area contributed by atoms with Crippen molar-refractivity contribution in [2.45, 2.75) is 0 Å². The van der Waals surface area contributed by atoms with E-state index < -0.39 is 0 Å². The molecule has 5 nitrogen and oxygen atoms in total. The van der Waals surface area contributed by atoms with Gasteiger partial charge in [-0.2, -0.15) is 4.98 Å². The van der Waals surface area contributed by atoms with Gasteiger partial charge in [0, 0.05) is 12.4 Å². The van der Waals surface area contributed by atoms with Gasteiger partial charge < -0.3 is 10.5 Å². The van der Waals surface area contributed by atoms with Crippen LogP contribution in [0.2, 0.25) is 0 Å². The van der Waals surface area contributed by atoms with Crippen molar-refractivity contribution in [1.29, 1.82) is 0 Å². The Hall–Kier alpha value is -1.78. The molecule has 2 N–H and O–H groups in total. The van der Waals surface area contributed by atoms with E-state index in [2.05, 4.69) is 9.97 Å². The van der Waals surface area contributed by atoms with Gasteiger partial charge in [-0.05, 0) is 6.07 Å². The molecule has 2 aromatic heterocycles. The van der Waals surface area contributed by atoms with E-state index in [4.69, 9.17) is 10.5 Å². The molecular weight excluding hydrogens is 156 g/mol. The van der Waals surface area contributed by atoms with Gasteiger partial charge in [-0.25, -0.2) is 4.98 Å². The molecule has 0 radical (unpaired) electrons. The number of hydrogen-bond donors (Lipinski definition) is 1. The van der Waals surface area contributed by atoms with Crippen molar-refractivity contribution in [3.63, 3.8) is 0 Å². The van der Waals surface area contributed by atoms with Crippen LogP contribution in [0.3, 0.4) is 0 Å². The molecule has 12 heavy (non-hydrogen) atoms. The third-order valence-electron chi connectivity index (χ3n) is 1.60. The minimum absolute atomic E-state index is 0.411. The largest absolute Gasteiger partial charge is 0.478 e. The number of ether oxygens (including phenoxy) is 1. The van der Waals surface area contributed by atoms with Gasteiger partial charge in [-0.1, -0.05) is 0 Å². The van der Waals surface area contributed by atoms with E-state index in [1.165, 1.54) is 7.11 Å². The minimum Gasteiger partial charge on any atom is -0.478 e. The van der Waals surface area contributed by atoms with E-state index >= 15 is 0 Å². The lowest BCUT2D eigenvalue weighted by Crippen LogP contribution is -1.94. The Morgan fingerprint density at radius 3 is 3.08 bits per heavy atom. The van der Waals surface area contributed by atoms with E-state index in [-0.39, 0.29) is 0 Å². The van der Waals surface area contributed by atoms with Crippen molar-refractivity contribution < 1.29 is 4.74 Å². The van der Waals surface area contributed by atoms with Crippen molar-refractivity contribution >= 4 is 11.6 Å². The summed E-state index contributed by atoms with van der Waals surface area (Å²) in [5.74, 6) is 1.43. The van der Waals surface area contributed by atoms with Crippen LogP contribution >= 0.6 is 0 Å². The van der Waals surface area contributed by atoms with Gasteiger partial charge in [0.1, 0.15) is 0 Å². The fourth-order valence-corrected chi connectivity index (χ4v) is 1.04. The molecule has 0 bridgehead atoms. The summed E-state index contributed by atoms with van der Waals surface area (Å²) in [6.07, 6.45) is 3.44. The Bertz CT molecular complexity index is 409. The van der Waals surface area contributed by atoms with E-state index in [9.17, 15) is 0 Å². The molecule has 0 saturated carbocycles. The first-order valence-corrected chi connectivity index (χ1v) is 3.45. The normalized spacial score (nSPS) is 10.4. The Balaban J connectivity index is 2.78. The summed E-state index contributed by atoms with van der Waals surface area (Å²) < 4.78 is 6.60. The standard InChI is InChI=1S/C7H8N4O/c1-12-6-5(8)11-4-2-3-9-7(11)10-6/h2-4H,8H2,1H3. The van der Waals surface area contributed by atoms with Gasteiger partial charge in [0.25, 0.3) is 5.88 Å². The summed E-state index contributed by atoms with van der Waals surface area (Å²) in [7, 11) is 1.53. The zero-order chi connectivity index (χ0) is 8.55. The van der Waals surface area contributed by atoms with Crippen molar-refractivity contribution in [3.8, 4) is 5.88 Å². The fraction of sp³-hybridized carbons (Fsp3) is 0.143. The van der Waals surface area contributed by atoms with Crippen LogP contribution in [-0.2, 0) is 0 Å². The van der Waals surface area contributed by atoms with Crippen LogP contribution in [0.25, 0.3) is 5.78 Å². The summed E-state index contributed by atoms with van der Waals surface area (Å²) in [5.41, 5.74) is 5.68. The van der Waals surface area contributed by atoms with Crippen LogP contribution in [0.5, 0.6) is 5.88 Å². The quantitative estimate of drug-likeness (QED) is 0.659. The zero-order valence-electron chi connectivity index (χ0n) is 6.56. The van der Waals surface area contributed by atoms with Gasteiger partial charge >= 0.3 is 0 Å². The molecule has 0 aliphatic heterocycles. The Morgan fingerprint density at radius 2 is 2.42 bits per heavy atom. The molecule has 0 atom stereocenters. The van der Waals surface area contributed by atoms with Gasteiger partial charge in [0.15, 0.2) is 5.82 Å². The Labute approximate surface area is 68.8 Å². The first kappa shape index (κ1) is 6.90. The lowest BCUT2D eigenvalue weighted by atomic mass is 10.6. The van der Waals surface area contributed by atoms with Gasteiger partial charge in [-0.15, -0.1) is 0 Å². The van der Waals surface area contributed by atoms with Crippen molar-refractivity contribution in [3.05, 3.63) is 18.5 Å². The van der Waals surface area contributed by atoms with Gasteiger partial charge in [-0.3, -0.25) is 4.40 Å². The second-order valence-corrected chi connectivity index (χ2v) is 2.30. The van der Waals surface area contributed by atoms with Crippen molar-refractivity contribution in [2.75, 3.05) is 12.8 Å². The highest BCUT2D eigenvalue weighted by Gasteiger charge is 2.08. The molecule has 62 valence electrons. The van der Waals surface area contributed by atoms with E-state index in [1.54, 1.807) is 22.9 Å². The number of rotatable bonds is 1. The smallest absolute Gasteiger partial charge is 0.258 e. The molecule has 0 aliphatic carbocycles. The monoisotopic (exact) mass is 164 g/mol. The maximum absolute atomic E-state index is 5.68. The molecule has 2 rings (SSSR count). The molecule has 0 unspecified atom stereocenters. The van der Waals surface area contributed by atoms with Crippen LogP contribution in [0.4, 0.5) is 5.82 Å². The summed E-state index contributed by atoms with van der Waals surface area (Å²) in [4.78, 5) is 8.04. The number of aromatic nitrogens is 3. The average Bonchev–Trinajstić information content (AvgIpc) is 2.44. The lowest BCUT2D eigenvalue weighted by Gasteiger charge is -1.94. The average molecular weight is 164 g/mol. The second kappa shape index (κ2) is 2.37. The molecule has 0 aliphatic rings.